The van der Waals surface area contributed by atoms with Crippen LogP contribution >= 0.6 is 27.5 Å². The third-order valence-electron chi connectivity index (χ3n) is 3.69. The maximum absolute atomic E-state index is 5.92. The molecular formula is C19H24BrClN2O2. The highest BCUT2D eigenvalue weighted by Gasteiger charge is 2.10. The Labute approximate surface area is 163 Å². The van der Waals surface area contributed by atoms with Gasteiger partial charge in [0.05, 0.1) is 7.11 Å². The van der Waals surface area contributed by atoms with Crippen molar-refractivity contribution in [3.8, 4) is 11.5 Å². The molecule has 0 aliphatic heterocycles. The maximum atomic E-state index is 5.92. The summed E-state index contributed by atoms with van der Waals surface area (Å²) >= 11 is 9.53. The molecule has 25 heavy (non-hydrogen) atoms. The molecule has 0 aliphatic rings. The number of ether oxygens (including phenoxy) is 2. The van der Waals surface area contributed by atoms with Crippen LogP contribution in [0.2, 0.25) is 5.02 Å². The van der Waals surface area contributed by atoms with Gasteiger partial charge in [-0.1, -0.05) is 39.7 Å². The molecular weight excluding hydrogens is 404 g/mol. The molecule has 136 valence electrons. The summed E-state index contributed by atoms with van der Waals surface area (Å²) in [6.45, 7) is 3.15. The van der Waals surface area contributed by atoms with Crippen LogP contribution in [-0.2, 0) is 13.2 Å². The minimum Gasteiger partial charge on any atom is -0.493 e. The summed E-state index contributed by atoms with van der Waals surface area (Å²) < 4.78 is 12.4. The fraction of sp³-hybridized carbons (Fsp3) is 0.368. The fourth-order valence-electron chi connectivity index (χ4n) is 2.25. The van der Waals surface area contributed by atoms with Crippen LogP contribution in [0.4, 0.5) is 0 Å². The Hall–Kier alpha value is -1.27. The molecule has 2 rings (SSSR count). The van der Waals surface area contributed by atoms with Gasteiger partial charge in [-0.3, -0.25) is 0 Å². The van der Waals surface area contributed by atoms with Crippen molar-refractivity contribution in [2.75, 3.05) is 34.3 Å². The molecule has 0 spiro atoms. The first-order valence-corrected chi connectivity index (χ1v) is 9.26. The van der Waals surface area contributed by atoms with Crippen LogP contribution in [0.15, 0.2) is 40.9 Å². The Morgan fingerprint density at radius 2 is 1.84 bits per heavy atom. The first-order valence-electron chi connectivity index (χ1n) is 8.08. The van der Waals surface area contributed by atoms with Crippen LogP contribution in [0.1, 0.15) is 11.1 Å². The van der Waals surface area contributed by atoms with Crippen molar-refractivity contribution in [1.29, 1.82) is 0 Å². The van der Waals surface area contributed by atoms with Gasteiger partial charge in [0.1, 0.15) is 6.61 Å². The quantitative estimate of drug-likeness (QED) is 0.604. The van der Waals surface area contributed by atoms with Gasteiger partial charge in [-0.05, 0) is 49.5 Å². The van der Waals surface area contributed by atoms with E-state index >= 15 is 0 Å². The zero-order valence-corrected chi connectivity index (χ0v) is 17.2. The van der Waals surface area contributed by atoms with E-state index < -0.39 is 0 Å². The molecule has 0 radical (unpaired) electrons. The molecule has 0 aliphatic carbocycles. The first-order chi connectivity index (χ1) is 12.0. The van der Waals surface area contributed by atoms with Gasteiger partial charge in [0.15, 0.2) is 11.5 Å². The average Bonchev–Trinajstić information content (AvgIpc) is 2.59. The molecule has 0 bridgehead atoms. The van der Waals surface area contributed by atoms with Crippen LogP contribution in [0.5, 0.6) is 11.5 Å². The highest BCUT2D eigenvalue weighted by molar-refractivity contribution is 9.10. The number of rotatable bonds is 9. The molecule has 0 amide bonds. The molecule has 1 N–H and O–H groups in total. The van der Waals surface area contributed by atoms with Crippen molar-refractivity contribution in [1.82, 2.24) is 10.2 Å². The molecule has 0 aromatic heterocycles. The summed E-state index contributed by atoms with van der Waals surface area (Å²) in [5, 5.41) is 4.14. The number of hydrogen-bond acceptors (Lipinski definition) is 4. The van der Waals surface area contributed by atoms with Crippen molar-refractivity contribution in [3.63, 3.8) is 0 Å². The lowest BCUT2D eigenvalue weighted by Crippen LogP contribution is -2.26. The van der Waals surface area contributed by atoms with Crippen molar-refractivity contribution >= 4 is 27.5 Å². The Balaban J connectivity index is 2.01. The van der Waals surface area contributed by atoms with Crippen molar-refractivity contribution in [3.05, 3.63) is 57.0 Å². The summed E-state index contributed by atoms with van der Waals surface area (Å²) in [5.74, 6) is 1.43. The SMILES string of the molecule is COc1cc(CNCCN(C)C)c(Br)cc1OCc1ccc(Cl)cc1. The topological polar surface area (TPSA) is 33.7 Å². The van der Waals surface area contributed by atoms with E-state index in [4.69, 9.17) is 21.1 Å². The highest BCUT2D eigenvalue weighted by Crippen LogP contribution is 2.34. The van der Waals surface area contributed by atoms with Crippen molar-refractivity contribution < 1.29 is 9.47 Å². The monoisotopic (exact) mass is 426 g/mol. The lowest BCUT2D eigenvalue weighted by molar-refractivity contribution is 0.284. The molecule has 0 saturated heterocycles. The number of halogens is 2. The summed E-state index contributed by atoms with van der Waals surface area (Å²) in [6.07, 6.45) is 0. The summed E-state index contributed by atoms with van der Waals surface area (Å²) in [7, 11) is 5.78. The van der Waals surface area contributed by atoms with E-state index in [1.165, 1.54) is 0 Å². The van der Waals surface area contributed by atoms with Crippen LogP contribution in [0, 0.1) is 0 Å². The largest absolute Gasteiger partial charge is 0.493 e. The third-order valence-corrected chi connectivity index (χ3v) is 4.68. The summed E-state index contributed by atoms with van der Waals surface area (Å²) in [5.41, 5.74) is 2.19. The first kappa shape index (κ1) is 20.0. The Morgan fingerprint density at radius 1 is 1.12 bits per heavy atom. The van der Waals surface area contributed by atoms with E-state index in [0.717, 1.165) is 46.0 Å². The van der Waals surface area contributed by atoms with E-state index in [0.29, 0.717) is 12.4 Å². The second kappa shape index (κ2) is 10.0. The number of hydrogen-bond donors (Lipinski definition) is 1. The molecule has 2 aromatic rings. The Morgan fingerprint density at radius 3 is 2.48 bits per heavy atom. The maximum Gasteiger partial charge on any atom is 0.162 e. The second-order valence-corrected chi connectivity index (χ2v) is 7.28. The van der Waals surface area contributed by atoms with E-state index in [1.54, 1.807) is 7.11 Å². The molecule has 0 heterocycles. The van der Waals surface area contributed by atoms with Gasteiger partial charge in [-0.2, -0.15) is 0 Å². The normalized spacial score (nSPS) is 11.0. The van der Waals surface area contributed by atoms with Crippen LogP contribution in [0.3, 0.4) is 0 Å². The molecule has 6 heteroatoms. The Bertz CT molecular complexity index is 678. The van der Waals surface area contributed by atoms with Crippen LogP contribution in [0.25, 0.3) is 0 Å². The number of methoxy groups -OCH3 is 1. The second-order valence-electron chi connectivity index (χ2n) is 5.99. The minimum atomic E-state index is 0.459. The van der Waals surface area contributed by atoms with Crippen molar-refractivity contribution in [2.24, 2.45) is 0 Å². The smallest absolute Gasteiger partial charge is 0.162 e. The summed E-state index contributed by atoms with van der Waals surface area (Å²) in [4.78, 5) is 2.15. The minimum absolute atomic E-state index is 0.459. The molecule has 2 aromatic carbocycles. The van der Waals surface area contributed by atoms with Gasteiger partial charge in [0.2, 0.25) is 0 Å². The zero-order valence-electron chi connectivity index (χ0n) is 14.8. The number of benzene rings is 2. The number of nitrogens with zero attached hydrogens (tertiary/aromatic N) is 1. The number of likely N-dealkylation sites (N-methyl/N-ethyl adjacent to an activating group) is 1. The predicted octanol–water partition coefficient (Wildman–Crippen LogP) is 4.34. The standard InChI is InChI=1S/C19H24BrClN2O2/c1-23(2)9-8-22-12-15-10-18(24-3)19(11-17(15)20)25-13-14-4-6-16(21)7-5-14/h4-7,10-11,22H,8-9,12-13H2,1-3H3. The van der Waals surface area contributed by atoms with E-state index in [-0.39, 0.29) is 0 Å². The van der Waals surface area contributed by atoms with E-state index in [9.17, 15) is 0 Å². The van der Waals surface area contributed by atoms with Gasteiger partial charge in [-0.15, -0.1) is 0 Å². The van der Waals surface area contributed by atoms with Crippen LogP contribution < -0.4 is 14.8 Å². The predicted molar refractivity (Wildman–Crippen MR) is 107 cm³/mol. The summed E-state index contributed by atoms with van der Waals surface area (Å²) in [6, 6.07) is 11.6. The zero-order chi connectivity index (χ0) is 18.2. The molecule has 0 unspecified atom stereocenters. The van der Waals surface area contributed by atoms with Gasteiger partial charge >= 0.3 is 0 Å². The molecule has 0 atom stereocenters. The molecule has 0 fully saturated rings. The van der Waals surface area contributed by atoms with Crippen LogP contribution in [-0.4, -0.2) is 39.2 Å². The van der Waals surface area contributed by atoms with Crippen molar-refractivity contribution in [2.45, 2.75) is 13.2 Å². The van der Waals surface area contributed by atoms with E-state index in [1.807, 2.05) is 36.4 Å². The van der Waals surface area contributed by atoms with Gasteiger partial charge in [0.25, 0.3) is 0 Å². The lowest BCUT2D eigenvalue weighted by Gasteiger charge is -2.15. The average molecular weight is 428 g/mol. The van der Waals surface area contributed by atoms with Gasteiger partial charge in [-0.25, -0.2) is 0 Å². The van der Waals surface area contributed by atoms with Gasteiger partial charge in [0, 0.05) is 29.1 Å². The Kier molecular flexibility index (Phi) is 8.03. The van der Waals surface area contributed by atoms with E-state index in [2.05, 4.69) is 40.2 Å². The number of nitrogens with one attached hydrogen (secondary N) is 1. The van der Waals surface area contributed by atoms with Gasteiger partial charge < -0.3 is 19.7 Å². The molecule has 0 saturated carbocycles. The molecule has 4 nitrogen and oxygen atoms in total. The lowest BCUT2D eigenvalue weighted by atomic mass is 10.2. The third kappa shape index (κ3) is 6.51. The highest BCUT2D eigenvalue weighted by atomic mass is 79.9. The fourth-order valence-corrected chi connectivity index (χ4v) is 2.84.